The van der Waals surface area contributed by atoms with Gasteiger partial charge in [0.1, 0.15) is 36.8 Å². The highest BCUT2D eigenvalue weighted by Crippen LogP contribution is 2.34. The molecule has 0 aliphatic carbocycles. The first kappa shape index (κ1) is 17.9. The lowest BCUT2D eigenvalue weighted by Crippen LogP contribution is -2.49. The van der Waals surface area contributed by atoms with Crippen molar-refractivity contribution < 1.29 is 24.5 Å². The molecule has 10 nitrogen and oxygen atoms in total. The lowest BCUT2D eigenvalue weighted by atomic mass is 10.0. The number of esters is 1. The Hall–Kier alpha value is -2.48. The molecule has 1 aliphatic heterocycles. The fraction of sp³-hybridized carbons (Fsp3) is 0.571. The first-order valence-electron chi connectivity index (χ1n) is 7.20. The third-order valence-electron chi connectivity index (χ3n) is 3.64. The summed E-state index contributed by atoms with van der Waals surface area (Å²) in [6.07, 6.45) is -3.36. The first-order chi connectivity index (χ1) is 11.2. The Kier molecular flexibility index (Phi) is 4.88. The summed E-state index contributed by atoms with van der Waals surface area (Å²) in [5.74, 6) is -0.987. The van der Waals surface area contributed by atoms with Gasteiger partial charge in [-0.15, -0.1) is 0 Å². The van der Waals surface area contributed by atoms with Crippen LogP contribution in [0.2, 0.25) is 0 Å². The fourth-order valence-corrected chi connectivity index (χ4v) is 2.28. The zero-order valence-corrected chi connectivity index (χ0v) is 13.1. The van der Waals surface area contributed by atoms with E-state index >= 15 is 0 Å². The number of aliphatic hydroxyl groups is 2. The van der Waals surface area contributed by atoms with Gasteiger partial charge < -0.3 is 25.4 Å². The number of ether oxygens (including phenoxy) is 2. The second-order valence-electron chi connectivity index (χ2n) is 5.69. The molecule has 2 heterocycles. The maximum Gasteiger partial charge on any atom is 0.352 e. The molecule has 1 aromatic rings. The summed E-state index contributed by atoms with van der Waals surface area (Å²) in [7, 11) is 0. The van der Waals surface area contributed by atoms with E-state index in [9.17, 15) is 25.1 Å². The van der Waals surface area contributed by atoms with Crippen LogP contribution in [0.4, 0.5) is 5.82 Å². The van der Waals surface area contributed by atoms with Crippen molar-refractivity contribution in [2.24, 2.45) is 5.92 Å². The molecule has 10 heteroatoms. The lowest BCUT2D eigenvalue weighted by molar-refractivity contribution is -0.157. The van der Waals surface area contributed by atoms with Crippen molar-refractivity contribution in [1.82, 2.24) is 9.55 Å². The molecule has 1 fully saturated rings. The summed E-state index contributed by atoms with van der Waals surface area (Å²) in [5, 5.41) is 29.8. The van der Waals surface area contributed by atoms with Gasteiger partial charge in [-0.05, 0) is 6.07 Å². The van der Waals surface area contributed by atoms with E-state index in [0.717, 1.165) is 10.8 Å². The molecular formula is C14H18N4O6. The monoisotopic (exact) mass is 338 g/mol. The highest BCUT2D eigenvalue weighted by molar-refractivity contribution is 5.71. The number of hydrogen-bond donors (Lipinski definition) is 3. The normalized spacial score (nSPS) is 29.4. The molecule has 0 radical (unpaired) electrons. The van der Waals surface area contributed by atoms with Crippen LogP contribution in [-0.4, -0.2) is 50.7 Å². The minimum absolute atomic E-state index is 0.0696. The van der Waals surface area contributed by atoms with Crippen molar-refractivity contribution in [2.45, 2.75) is 37.9 Å². The summed E-state index contributed by atoms with van der Waals surface area (Å²) in [6, 6.07) is 2.93. The van der Waals surface area contributed by atoms with Gasteiger partial charge in [-0.3, -0.25) is 9.36 Å². The van der Waals surface area contributed by atoms with E-state index < -0.39 is 41.6 Å². The molecule has 0 bridgehead atoms. The summed E-state index contributed by atoms with van der Waals surface area (Å²) in [6.45, 7) is 2.88. The predicted molar refractivity (Wildman–Crippen MR) is 79.2 cm³/mol. The number of carbonyl (C=O) groups is 1. The number of aliphatic hydroxyl groups excluding tert-OH is 2. The first-order valence-corrected chi connectivity index (χ1v) is 7.20. The summed E-state index contributed by atoms with van der Waals surface area (Å²) in [4.78, 5) is 27.0. The van der Waals surface area contributed by atoms with Crippen molar-refractivity contribution >= 4 is 11.8 Å². The molecule has 0 saturated carbocycles. The van der Waals surface area contributed by atoms with Crippen LogP contribution in [0.25, 0.3) is 0 Å². The Balaban J connectivity index is 2.30. The largest absolute Gasteiger partial charge is 0.463 e. The SMILES string of the molecule is CC(C)C(=O)OCC1OC(C#N)(n2ccc(N)nc2=O)C(O)C1O. The maximum absolute atomic E-state index is 12.0. The highest BCUT2D eigenvalue weighted by Gasteiger charge is 2.57. The number of aromatic nitrogens is 2. The van der Waals surface area contributed by atoms with E-state index in [4.69, 9.17) is 15.2 Å². The number of anilines is 1. The number of hydrogen-bond acceptors (Lipinski definition) is 9. The van der Waals surface area contributed by atoms with Crippen molar-refractivity contribution in [3.8, 4) is 6.07 Å². The lowest BCUT2D eigenvalue weighted by Gasteiger charge is -2.26. The van der Waals surface area contributed by atoms with Crippen LogP contribution in [0, 0.1) is 17.2 Å². The average molecular weight is 338 g/mol. The number of nitrogen functional groups attached to an aromatic ring is 1. The minimum Gasteiger partial charge on any atom is -0.463 e. The third-order valence-corrected chi connectivity index (χ3v) is 3.64. The summed E-state index contributed by atoms with van der Waals surface area (Å²) >= 11 is 0. The van der Waals surface area contributed by atoms with Gasteiger partial charge in [0.15, 0.2) is 0 Å². The van der Waals surface area contributed by atoms with Gasteiger partial charge in [0.05, 0.1) is 5.92 Å². The van der Waals surface area contributed by atoms with E-state index in [2.05, 4.69) is 4.98 Å². The van der Waals surface area contributed by atoms with Crippen molar-refractivity contribution in [2.75, 3.05) is 12.3 Å². The molecule has 1 aliphatic rings. The topological polar surface area (TPSA) is 161 Å². The molecule has 0 amide bonds. The quantitative estimate of drug-likeness (QED) is 0.544. The molecular weight excluding hydrogens is 320 g/mol. The molecule has 24 heavy (non-hydrogen) atoms. The standard InChI is InChI=1S/C14H18N4O6/c1-7(2)12(21)23-5-8-10(19)11(20)14(6-15,24-8)18-4-3-9(16)17-13(18)22/h3-4,7-8,10-11,19-20H,5H2,1-2H3,(H2,16,17,22). The molecule has 1 saturated heterocycles. The second-order valence-corrected chi connectivity index (χ2v) is 5.69. The Labute approximate surface area is 137 Å². The number of nitrogens with zero attached hydrogens (tertiary/aromatic N) is 3. The molecule has 4 N–H and O–H groups in total. The zero-order chi connectivity index (χ0) is 18.1. The van der Waals surface area contributed by atoms with E-state index in [1.54, 1.807) is 19.9 Å². The molecule has 2 rings (SSSR count). The predicted octanol–water partition coefficient (Wildman–Crippen LogP) is -1.68. The minimum atomic E-state index is -2.20. The van der Waals surface area contributed by atoms with Crippen molar-refractivity contribution in [3.05, 3.63) is 22.7 Å². The summed E-state index contributed by atoms with van der Waals surface area (Å²) in [5.41, 5.74) is 2.26. The van der Waals surface area contributed by atoms with Crippen LogP contribution >= 0.6 is 0 Å². The Morgan fingerprint density at radius 2 is 2.29 bits per heavy atom. The maximum atomic E-state index is 12.0. The van der Waals surface area contributed by atoms with Crippen LogP contribution in [0.5, 0.6) is 0 Å². The average Bonchev–Trinajstić information content (AvgIpc) is 2.77. The van der Waals surface area contributed by atoms with Crippen LogP contribution in [0.1, 0.15) is 13.8 Å². The van der Waals surface area contributed by atoms with Gasteiger partial charge in [-0.2, -0.15) is 10.2 Å². The molecule has 0 aromatic carbocycles. The van der Waals surface area contributed by atoms with Crippen LogP contribution in [-0.2, 0) is 20.0 Å². The van der Waals surface area contributed by atoms with Gasteiger partial charge >= 0.3 is 11.7 Å². The van der Waals surface area contributed by atoms with Crippen molar-refractivity contribution in [3.63, 3.8) is 0 Å². The zero-order valence-electron chi connectivity index (χ0n) is 13.1. The Bertz CT molecular complexity index is 727. The van der Waals surface area contributed by atoms with Gasteiger partial charge in [-0.25, -0.2) is 4.79 Å². The number of carbonyl (C=O) groups excluding carboxylic acids is 1. The second kappa shape index (κ2) is 6.56. The van der Waals surface area contributed by atoms with Gasteiger partial charge in [-0.1, -0.05) is 13.8 Å². The van der Waals surface area contributed by atoms with E-state index in [-0.39, 0.29) is 12.4 Å². The van der Waals surface area contributed by atoms with Crippen LogP contribution in [0.3, 0.4) is 0 Å². The third kappa shape index (κ3) is 2.96. The van der Waals surface area contributed by atoms with Crippen LogP contribution < -0.4 is 11.4 Å². The molecule has 1 aromatic heterocycles. The Morgan fingerprint density at radius 1 is 1.62 bits per heavy atom. The Morgan fingerprint density at radius 3 is 2.83 bits per heavy atom. The summed E-state index contributed by atoms with van der Waals surface area (Å²) < 4.78 is 11.1. The number of rotatable bonds is 4. The van der Waals surface area contributed by atoms with E-state index in [1.165, 1.54) is 6.07 Å². The van der Waals surface area contributed by atoms with Gasteiger partial charge in [0, 0.05) is 6.20 Å². The van der Waals surface area contributed by atoms with E-state index in [0.29, 0.717) is 0 Å². The van der Waals surface area contributed by atoms with E-state index in [1.807, 2.05) is 0 Å². The van der Waals surface area contributed by atoms with Crippen LogP contribution in [0.15, 0.2) is 17.1 Å². The molecule has 130 valence electrons. The molecule has 0 spiro atoms. The van der Waals surface area contributed by atoms with Gasteiger partial charge in [0.25, 0.3) is 5.72 Å². The smallest absolute Gasteiger partial charge is 0.352 e. The van der Waals surface area contributed by atoms with Gasteiger partial charge in [0.2, 0.25) is 0 Å². The van der Waals surface area contributed by atoms with Crippen molar-refractivity contribution in [1.29, 1.82) is 5.26 Å². The highest BCUT2D eigenvalue weighted by atomic mass is 16.6. The fourth-order valence-electron chi connectivity index (χ4n) is 2.28. The number of nitrogens with two attached hydrogens (primary N) is 1. The molecule has 4 unspecified atom stereocenters. The molecule has 4 atom stereocenters. The number of nitriles is 1.